The lowest BCUT2D eigenvalue weighted by molar-refractivity contribution is 0.243. The number of hydrogen-bond donors (Lipinski definition) is 0. The second-order valence-corrected chi connectivity index (χ2v) is 2.82. The lowest BCUT2D eigenvalue weighted by Crippen LogP contribution is -2.24. The average molecular weight is 192 g/mol. The standard InChI is InChI=1S/C8H10N5O/c1-13-6(3-4-9-13)8-10-7(5-14-2)11-12-8/h3-4H,5H2,1-2H3. The molecule has 0 spiro atoms. The van der Waals surface area contributed by atoms with Crippen molar-refractivity contribution in [1.29, 1.82) is 0 Å². The predicted octanol–water partition coefficient (Wildman–Crippen LogP) is -0.255. The Labute approximate surface area is 81.3 Å². The number of nitrogens with zero attached hydrogens (tertiary/aromatic N) is 5. The largest absolute Gasteiger partial charge is 0.377 e. The Morgan fingerprint density at radius 2 is 2.29 bits per heavy atom. The van der Waals surface area contributed by atoms with Crippen LogP contribution >= 0.6 is 0 Å². The topological polar surface area (TPSA) is 65.9 Å². The van der Waals surface area contributed by atoms with Gasteiger partial charge in [0.25, 0.3) is 0 Å². The van der Waals surface area contributed by atoms with Crippen molar-refractivity contribution < 1.29 is 4.74 Å². The summed E-state index contributed by atoms with van der Waals surface area (Å²) >= 11 is 0. The third kappa shape index (κ3) is 1.51. The van der Waals surface area contributed by atoms with Crippen molar-refractivity contribution >= 4 is 11.7 Å². The molecule has 1 aliphatic heterocycles. The summed E-state index contributed by atoms with van der Waals surface area (Å²) in [6, 6.07) is 1.84. The van der Waals surface area contributed by atoms with Gasteiger partial charge in [-0.1, -0.05) is 0 Å². The number of amidine groups is 2. The Balaban J connectivity index is 2.09. The van der Waals surface area contributed by atoms with Crippen LogP contribution in [0.1, 0.15) is 5.69 Å². The zero-order valence-corrected chi connectivity index (χ0v) is 8.01. The molecule has 0 bridgehead atoms. The van der Waals surface area contributed by atoms with E-state index in [1.54, 1.807) is 18.0 Å². The number of methoxy groups -OCH3 is 1. The first-order chi connectivity index (χ1) is 6.81. The Bertz CT molecular complexity index is 392. The second-order valence-electron chi connectivity index (χ2n) is 2.82. The van der Waals surface area contributed by atoms with E-state index in [0.29, 0.717) is 18.3 Å². The van der Waals surface area contributed by atoms with Gasteiger partial charge in [-0.15, -0.1) is 10.2 Å². The van der Waals surface area contributed by atoms with Crippen LogP contribution in [0.15, 0.2) is 22.5 Å². The van der Waals surface area contributed by atoms with Crippen LogP contribution in [0.3, 0.4) is 0 Å². The third-order valence-electron chi connectivity index (χ3n) is 1.82. The molecule has 0 saturated heterocycles. The maximum absolute atomic E-state index is 4.90. The van der Waals surface area contributed by atoms with E-state index in [0.717, 1.165) is 5.69 Å². The van der Waals surface area contributed by atoms with Crippen molar-refractivity contribution in [1.82, 2.24) is 15.1 Å². The monoisotopic (exact) mass is 192 g/mol. The van der Waals surface area contributed by atoms with Crippen molar-refractivity contribution in [2.45, 2.75) is 0 Å². The van der Waals surface area contributed by atoms with Gasteiger partial charge in [-0.25, -0.2) is 5.32 Å². The van der Waals surface area contributed by atoms with E-state index in [-0.39, 0.29) is 0 Å². The SMILES string of the molecule is COCC1=NN=C(c2ccnn2C)[N]1. The molecule has 6 nitrogen and oxygen atoms in total. The van der Waals surface area contributed by atoms with Crippen LogP contribution in [0.4, 0.5) is 0 Å². The lowest BCUT2D eigenvalue weighted by Gasteiger charge is -2.00. The summed E-state index contributed by atoms with van der Waals surface area (Å²) < 4.78 is 6.60. The number of aromatic nitrogens is 2. The van der Waals surface area contributed by atoms with Gasteiger partial charge in [-0.05, 0) is 6.07 Å². The second kappa shape index (κ2) is 3.59. The molecular weight excluding hydrogens is 182 g/mol. The lowest BCUT2D eigenvalue weighted by atomic mass is 10.4. The van der Waals surface area contributed by atoms with Crippen LogP contribution in [0, 0.1) is 0 Å². The summed E-state index contributed by atoms with van der Waals surface area (Å²) in [7, 11) is 3.43. The molecule has 1 aromatic heterocycles. The van der Waals surface area contributed by atoms with E-state index in [1.807, 2.05) is 13.1 Å². The summed E-state index contributed by atoms with van der Waals surface area (Å²) in [5, 5.41) is 16.0. The van der Waals surface area contributed by atoms with E-state index >= 15 is 0 Å². The van der Waals surface area contributed by atoms with Crippen molar-refractivity contribution in [3.05, 3.63) is 18.0 Å². The van der Waals surface area contributed by atoms with Gasteiger partial charge >= 0.3 is 0 Å². The molecule has 0 aliphatic carbocycles. The highest BCUT2D eigenvalue weighted by Crippen LogP contribution is 2.03. The number of rotatable bonds is 3. The van der Waals surface area contributed by atoms with Gasteiger partial charge in [0.15, 0.2) is 5.84 Å². The van der Waals surface area contributed by atoms with Crippen molar-refractivity contribution in [2.24, 2.45) is 17.3 Å². The molecule has 73 valence electrons. The van der Waals surface area contributed by atoms with Gasteiger partial charge in [0.2, 0.25) is 5.84 Å². The molecule has 0 unspecified atom stereocenters. The minimum absolute atomic E-state index is 0.380. The fourth-order valence-corrected chi connectivity index (χ4v) is 1.16. The normalized spacial score (nSPS) is 15.0. The van der Waals surface area contributed by atoms with Gasteiger partial charge in [0.05, 0.1) is 0 Å². The van der Waals surface area contributed by atoms with Gasteiger partial charge in [-0.3, -0.25) is 4.68 Å². The fourth-order valence-electron chi connectivity index (χ4n) is 1.16. The quantitative estimate of drug-likeness (QED) is 0.662. The molecule has 0 saturated carbocycles. The summed E-state index contributed by atoms with van der Waals surface area (Å²) in [6.45, 7) is 0.380. The van der Waals surface area contributed by atoms with E-state index in [9.17, 15) is 0 Å². The van der Waals surface area contributed by atoms with Crippen LogP contribution in [0.2, 0.25) is 0 Å². The van der Waals surface area contributed by atoms with Gasteiger partial charge in [-0.2, -0.15) is 5.10 Å². The molecule has 1 radical (unpaired) electrons. The van der Waals surface area contributed by atoms with Gasteiger partial charge in [0, 0.05) is 20.4 Å². The molecular formula is C8H10N5O. The van der Waals surface area contributed by atoms with Gasteiger partial charge < -0.3 is 4.74 Å². The Hall–Kier alpha value is -1.69. The van der Waals surface area contributed by atoms with Crippen LogP contribution in [-0.2, 0) is 11.8 Å². The molecule has 0 fully saturated rings. The first-order valence-corrected chi connectivity index (χ1v) is 4.15. The zero-order valence-electron chi connectivity index (χ0n) is 8.01. The zero-order chi connectivity index (χ0) is 9.97. The molecule has 0 N–H and O–H groups in total. The van der Waals surface area contributed by atoms with E-state index in [2.05, 4.69) is 20.6 Å². The summed E-state index contributed by atoms with van der Waals surface area (Å²) in [4.78, 5) is 0. The van der Waals surface area contributed by atoms with Crippen LogP contribution in [-0.4, -0.2) is 35.2 Å². The minimum Gasteiger partial charge on any atom is -0.377 e. The van der Waals surface area contributed by atoms with E-state index in [4.69, 9.17) is 4.74 Å². The fraction of sp³-hybridized carbons (Fsp3) is 0.375. The Kier molecular flexibility index (Phi) is 2.28. The van der Waals surface area contributed by atoms with E-state index < -0.39 is 0 Å². The smallest absolute Gasteiger partial charge is 0.201 e. The highest BCUT2D eigenvalue weighted by atomic mass is 16.5. The molecule has 2 heterocycles. The molecule has 6 heteroatoms. The molecule has 0 amide bonds. The van der Waals surface area contributed by atoms with Crippen molar-refractivity contribution in [3.8, 4) is 0 Å². The first-order valence-electron chi connectivity index (χ1n) is 4.15. The number of aryl methyl sites for hydroxylation is 1. The van der Waals surface area contributed by atoms with Crippen LogP contribution in [0.25, 0.3) is 0 Å². The van der Waals surface area contributed by atoms with Crippen LogP contribution < -0.4 is 5.32 Å². The third-order valence-corrected chi connectivity index (χ3v) is 1.82. The average Bonchev–Trinajstić information content (AvgIpc) is 2.74. The Morgan fingerprint density at radius 3 is 2.93 bits per heavy atom. The summed E-state index contributed by atoms with van der Waals surface area (Å²) in [5.74, 6) is 1.17. The van der Waals surface area contributed by atoms with Crippen LogP contribution in [0.5, 0.6) is 0 Å². The van der Waals surface area contributed by atoms with Crippen molar-refractivity contribution in [3.63, 3.8) is 0 Å². The maximum Gasteiger partial charge on any atom is 0.201 e. The highest BCUT2D eigenvalue weighted by molar-refractivity contribution is 6.11. The van der Waals surface area contributed by atoms with Gasteiger partial charge in [0.1, 0.15) is 12.3 Å². The van der Waals surface area contributed by atoms with Crippen molar-refractivity contribution in [2.75, 3.05) is 13.7 Å². The molecule has 1 aliphatic rings. The summed E-state index contributed by atoms with van der Waals surface area (Å²) in [5.41, 5.74) is 0.847. The maximum atomic E-state index is 4.90. The first kappa shape index (κ1) is 8.89. The summed E-state index contributed by atoms with van der Waals surface area (Å²) in [6.07, 6.45) is 1.70. The predicted molar refractivity (Wildman–Crippen MR) is 51.2 cm³/mol. The molecule has 2 rings (SSSR count). The van der Waals surface area contributed by atoms with E-state index in [1.165, 1.54) is 0 Å². The minimum atomic E-state index is 0.380. The number of hydrogen-bond acceptors (Lipinski definition) is 4. The Morgan fingerprint density at radius 1 is 1.43 bits per heavy atom. The number of ether oxygens (including phenoxy) is 1. The molecule has 0 atom stereocenters. The molecule has 14 heavy (non-hydrogen) atoms. The highest BCUT2D eigenvalue weighted by Gasteiger charge is 2.17. The molecule has 0 aromatic carbocycles. The molecule has 1 aromatic rings.